The smallest absolute Gasteiger partial charge is 0.418 e. The molecule has 0 atom stereocenters. The first kappa shape index (κ1) is 13.3. The lowest BCUT2D eigenvalue weighted by Gasteiger charge is -1.94. The molecule has 0 amide bonds. The van der Waals surface area contributed by atoms with Crippen LogP contribution in [0.15, 0.2) is 23.2 Å². The second kappa shape index (κ2) is 5.95. The van der Waals surface area contributed by atoms with Crippen molar-refractivity contribution >= 4 is 23.2 Å². The second-order valence-corrected chi connectivity index (χ2v) is 2.88. The Morgan fingerprint density at radius 2 is 1.93 bits per heavy atom. The van der Waals surface area contributed by atoms with Gasteiger partial charge in [-0.15, -0.1) is 0 Å². The molecule has 0 aliphatic heterocycles. The first-order chi connectivity index (χ1) is 6.34. The summed E-state index contributed by atoms with van der Waals surface area (Å²) in [6.45, 7) is 3.03. The number of halogens is 5. The van der Waals surface area contributed by atoms with E-state index in [-0.39, 0.29) is 0 Å². The Hall–Kier alpha value is -0.655. The van der Waals surface area contributed by atoms with Gasteiger partial charge in [0, 0.05) is 6.07 Å². The van der Waals surface area contributed by atoms with Crippen LogP contribution in [-0.4, -0.2) is 12.2 Å². The number of aryl methyl sites for hydroxylation is 1. The van der Waals surface area contributed by atoms with Crippen molar-refractivity contribution in [2.24, 2.45) is 0 Å². The molecule has 0 unspecified atom stereocenters. The lowest BCUT2D eigenvalue weighted by atomic mass is 10.3. The fourth-order valence-corrected chi connectivity index (χ4v) is 1.11. The zero-order valence-corrected chi connectivity index (χ0v) is 8.89. The van der Waals surface area contributed by atoms with Crippen molar-refractivity contribution in [2.45, 2.75) is 13.5 Å². The summed E-state index contributed by atoms with van der Waals surface area (Å²) >= 11 is 3.31. The van der Waals surface area contributed by atoms with E-state index in [9.17, 15) is 17.3 Å². The number of hydrogen-bond acceptors (Lipinski definition) is 1. The van der Waals surface area contributed by atoms with Crippen LogP contribution in [0.5, 0.6) is 0 Å². The third-order valence-electron chi connectivity index (χ3n) is 1.11. The van der Waals surface area contributed by atoms with Crippen molar-refractivity contribution in [3.05, 3.63) is 23.2 Å². The summed E-state index contributed by atoms with van der Waals surface area (Å²) in [5, 5.41) is 0. The maximum absolute atomic E-state index is 9.75. The third kappa shape index (κ3) is 7.97. The molecule has 0 bridgehead atoms. The zero-order chi connectivity index (χ0) is 11.2. The minimum Gasteiger partial charge on any atom is -0.418 e. The second-order valence-electron chi connectivity index (χ2n) is 2.17. The number of hydrogen-bond donors (Lipinski definition) is 0. The lowest BCUT2D eigenvalue weighted by molar-refractivity contribution is -0.707. The molecule has 2 nitrogen and oxygen atoms in total. The van der Waals surface area contributed by atoms with Gasteiger partial charge >= 0.3 is 12.0 Å². The monoisotopic (exact) mass is 274 g/mol. The van der Waals surface area contributed by atoms with Crippen molar-refractivity contribution in [3.8, 4) is 0 Å². The van der Waals surface area contributed by atoms with Gasteiger partial charge in [-0.05, 0) is 11.9 Å². The molecule has 1 heterocycles. The Labute approximate surface area is 87.2 Å². The molecule has 8 heteroatoms. The van der Waals surface area contributed by atoms with Gasteiger partial charge in [0.15, 0.2) is 0 Å². The van der Waals surface area contributed by atoms with Crippen LogP contribution in [0.25, 0.3) is 0 Å². The van der Waals surface area contributed by atoms with Crippen LogP contribution >= 0.6 is 15.9 Å². The number of nitrogens with zero attached hydrogens (tertiary/aromatic N) is 2. The van der Waals surface area contributed by atoms with E-state index in [2.05, 4.69) is 27.8 Å². The molecule has 14 heavy (non-hydrogen) atoms. The normalized spacial score (nSPS) is 10.4. The van der Waals surface area contributed by atoms with Crippen LogP contribution in [0.2, 0.25) is 0 Å². The minimum absolute atomic E-state index is 0.882. The molecule has 0 spiro atoms. The Balaban J connectivity index is 0.000000292. The van der Waals surface area contributed by atoms with E-state index in [1.807, 2.05) is 16.8 Å². The molecule has 1 aromatic rings. The Morgan fingerprint density at radius 3 is 2.21 bits per heavy atom. The maximum Gasteiger partial charge on any atom is 0.673 e. The Morgan fingerprint density at radius 1 is 1.43 bits per heavy atom. The van der Waals surface area contributed by atoms with Crippen LogP contribution < -0.4 is 4.57 Å². The summed E-state index contributed by atoms with van der Waals surface area (Å²) in [5.41, 5.74) is 0. The van der Waals surface area contributed by atoms with E-state index in [0.717, 1.165) is 11.3 Å². The van der Waals surface area contributed by atoms with Crippen molar-refractivity contribution in [3.63, 3.8) is 0 Å². The van der Waals surface area contributed by atoms with Gasteiger partial charge in [0.1, 0.15) is 6.20 Å². The molecular weight excluding hydrogens is 267 g/mol. The third-order valence-corrected chi connectivity index (χ3v) is 1.77. The van der Waals surface area contributed by atoms with E-state index in [0.29, 0.717) is 0 Å². The molecular formula is C6H8BBrF4N2. The molecule has 0 fully saturated rings. The molecule has 0 aromatic carbocycles. The van der Waals surface area contributed by atoms with Gasteiger partial charge in [-0.1, -0.05) is 0 Å². The van der Waals surface area contributed by atoms with E-state index < -0.39 is 7.25 Å². The lowest BCUT2D eigenvalue weighted by Crippen LogP contribution is -2.33. The van der Waals surface area contributed by atoms with Crippen LogP contribution in [0.1, 0.15) is 6.92 Å². The first-order valence-electron chi connectivity index (χ1n) is 3.72. The van der Waals surface area contributed by atoms with Gasteiger partial charge in [-0.3, -0.25) is 0 Å². The van der Waals surface area contributed by atoms with Crippen molar-refractivity contribution in [1.82, 2.24) is 4.98 Å². The van der Waals surface area contributed by atoms with Gasteiger partial charge in [0.05, 0.1) is 28.7 Å². The summed E-state index contributed by atoms with van der Waals surface area (Å²) in [6, 6.07) is 1.91. The van der Waals surface area contributed by atoms with Crippen molar-refractivity contribution < 1.29 is 21.8 Å². The highest BCUT2D eigenvalue weighted by Crippen LogP contribution is 2.06. The van der Waals surface area contributed by atoms with Gasteiger partial charge in [0.2, 0.25) is 0 Å². The van der Waals surface area contributed by atoms with E-state index in [4.69, 9.17) is 0 Å². The molecule has 0 radical (unpaired) electrons. The van der Waals surface area contributed by atoms with Gasteiger partial charge in [-0.2, -0.15) is 0 Å². The topological polar surface area (TPSA) is 16.8 Å². The molecule has 0 saturated carbocycles. The fourth-order valence-electron chi connectivity index (χ4n) is 0.618. The number of rotatable bonds is 1. The highest BCUT2D eigenvalue weighted by Gasteiger charge is 2.20. The Kier molecular flexibility index (Phi) is 5.67. The van der Waals surface area contributed by atoms with Gasteiger partial charge in [0.25, 0.3) is 0 Å². The molecule has 1 rings (SSSR count). The number of aromatic nitrogens is 2. The molecule has 0 aliphatic carbocycles. The first-order valence-corrected chi connectivity index (χ1v) is 4.51. The minimum atomic E-state index is -6.00. The average molecular weight is 275 g/mol. The van der Waals surface area contributed by atoms with Crippen molar-refractivity contribution in [2.75, 3.05) is 0 Å². The highest BCUT2D eigenvalue weighted by molar-refractivity contribution is 9.10. The summed E-state index contributed by atoms with van der Waals surface area (Å²) in [5.74, 6) is 0. The van der Waals surface area contributed by atoms with Crippen molar-refractivity contribution in [1.29, 1.82) is 0 Å². The Bertz CT molecular complexity index is 275. The molecule has 0 aliphatic rings. The average Bonchev–Trinajstić information content (AvgIpc) is 2.02. The predicted octanol–water partition coefficient (Wildman–Crippen LogP) is 2.45. The molecule has 0 N–H and O–H groups in total. The van der Waals surface area contributed by atoms with Crippen LogP contribution in [-0.2, 0) is 6.54 Å². The summed E-state index contributed by atoms with van der Waals surface area (Å²) in [4.78, 5) is 4.03. The van der Waals surface area contributed by atoms with Gasteiger partial charge < -0.3 is 17.3 Å². The zero-order valence-electron chi connectivity index (χ0n) is 7.30. The summed E-state index contributed by atoms with van der Waals surface area (Å²) < 4.78 is 41.9. The maximum atomic E-state index is 9.75. The fraction of sp³-hybridized carbons (Fsp3) is 0.333. The quantitative estimate of drug-likeness (QED) is 0.333. The molecule has 1 aromatic heterocycles. The predicted molar refractivity (Wildman–Crippen MR) is 48.0 cm³/mol. The summed E-state index contributed by atoms with van der Waals surface area (Å²) in [7, 11) is -6.00. The standard InChI is InChI=1S/C6H8BrN2.BF4/c1-2-9-5-3-4-8-6(9)7;2-1(3,4)5/h3-5H,2H2,1H3;/q+1;-1. The van der Waals surface area contributed by atoms with Crippen LogP contribution in [0.4, 0.5) is 17.3 Å². The molecule has 80 valence electrons. The van der Waals surface area contributed by atoms with Gasteiger partial charge in [-0.25, -0.2) is 4.57 Å². The van der Waals surface area contributed by atoms with E-state index >= 15 is 0 Å². The largest absolute Gasteiger partial charge is 0.673 e. The SMILES string of the molecule is CC[n+]1cccnc1Br.F[B-](F)(F)F. The summed E-state index contributed by atoms with van der Waals surface area (Å²) in [6.07, 6.45) is 3.74. The van der Waals surface area contributed by atoms with Crippen LogP contribution in [0, 0.1) is 0 Å². The molecule has 0 saturated heterocycles. The van der Waals surface area contributed by atoms with E-state index in [1.54, 1.807) is 6.20 Å². The highest BCUT2D eigenvalue weighted by atomic mass is 79.9. The van der Waals surface area contributed by atoms with Crippen LogP contribution in [0.3, 0.4) is 0 Å². The van der Waals surface area contributed by atoms with E-state index in [1.165, 1.54) is 0 Å².